The maximum Gasteiger partial charge on any atom is 0.222 e. The van der Waals surface area contributed by atoms with Crippen molar-refractivity contribution in [2.45, 2.75) is 261 Å². The largest absolute Gasteiger partial charge is 0.359 e. The summed E-state index contributed by atoms with van der Waals surface area (Å²) in [6.45, 7) is 56.4. The molecule has 0 aliphatic carbocycles. The monoisotopic (exact) mass is 1360 g/mol. The van der Waals surface area contributed by atoms with Crippen LogP contribution in [0.25, 0.3) is 0 Å². The summed E-state index contributed by atoms with van der Waals surface area (Å²) in [5.74, 6) is 1.55. The molecule has 94 heavy (non-hydrogen) atoms. The van der Waals surface area contributed by atoms with E-state index in [2.05, 4.69) is 47.5 Å². The highest BCUT2D eigenvalue weighted by atomic mass is 16.2. The third-order valence-electron chi connectivity index (χ3n) is 4.58. The fourth-order valence-electron chi connectivity index (χ4n) is 0.618. The smallest absolute Gasteiger partial charge is 0.222 e. The number of ketones is 7. The molecule has 0 unspecified atom stereocenters. The number of carbonyl (C=O) groups excluding carboxylic acids is 15. The van der Waals surface area contributed by atoms with Crippen LogP contribution < -0.4 is 42.5 Å². The maximum absolute atomic E-state index is 10.1. The molecule has 8 amide bonds. The number of amidine groups is 1. The van der Waals surface area contributed by atoms with Crippen molar-refractivity contribution in [1.29, 1.82) is 21.6 Å². The first kappa shape index (κ1) is 147. The predicted molar refractivity (Wildman–Crippen MR) is 398 cm³/mol. The van der Waals surface area contributed by atoms with Crippen LogP contribution >= 0.6 is 0 Å². The number of nitrogens with one attached hydrogen (secondary N) is 12. The van der Waals surface area contributed by atoms with Crippen LogP contribution in [0.15, 0.2) is 4.99 Å². The normalized spacial score (nSPS) is 6.91. The molecular weight excluding hydrogens is 1210 g/mol. The molecule has 0 aliphatic rings. The van der Waals surface area contributed by atoms with Crippen LogP contribution in [0.3, 0.4) is 0 Å². The fourth-order valence-corrected chi connectivity index (χ4v) is 0.618. The molecule has 0 saturated heterocycles. The second-order valence-electron chi connectivity index (χ2n) is 17.6. The van der Waals surface area contributed by atoms with Gasteiger partial charge in [0.1, 0.15) is 40.5 Å². The SMILES string of the molecule is CC.CC.CC(=N)NC(C)=O.CC(C)=N.CC(C)=N.CC(C)=N.CC(C)=O.CC(C)=O.CC(C)=O.CC(C)=O.CC(C)=O.CC=NC.CCC(=O)NC.CCC(=O)NC.CCC(C)=O.CCC(C)=O.CNC(C)=O.CNC(C)=O.CNC(C)=O.CNC(C)=O.CNC(C)=O. The van der Waals surface area contributed by atoms with Gasteiger partial charge in [0.05, 0.1) is 5.84 Å². The molecule has 0 aliphatic heterocycles. The van der Waals surface area contributed by atoms with Gasteiger partial charge in [-0.3, -0.25) is 43.8 Å². The molecule has 566 valence electrons. The minimum absolute atomic E-state index is 0.00463. The minimum Gasteiger partial charge on any atom is -0.359 e. The highest BCUT2D eigenvalue weighted by molar-refractivity contribution is 5.94. The van der Waals surface area contributed by atoms with Gasteiger partial charge in [-0.15, -0.1) is 0 Å². The summed E-state index contributed by atoms with van der Waals surface area (Å²) < 4.78 is 0. The molecule has 0 heterocycles. The molecule has 0 aromatic carbocycles. The van der Waals surface area contributed by atoms with E-state index >= 15 is 0 Å². The zero-order valence-electron chi connectivity index (χ0n) is 67.5. The lowest BCUT2D eigenvalue weighted by molar-refractivity contribution is -0.121. The third kappa shape index (κ3) is 1630. The summed E-state index contributed by atoms with van der Waals surface area (Å²) in [7, 11) is 13.0. The quantitative estimate of drug-likeness (QED) is 0.0920. The van der Waals surface area contributed by atoms with Crippen molar-refractivity contribution in [3.63, 3.8) is 0 Å². The molecule has 0 aromatic rings. The van der Waals surface area contributed by atoms with Crippen molar-refractivity contribution in [3.05, 3.63) is 0 Å². The Morgan fingerprint density at radius 2 is 0.383 bits per heavy atom. The van der Waals surface area contributed by atoms with Crippen LogP contribution in [-0.4, -0.2) is 173 Å². The van der Waals surface area contributed by atoms with E-state index in [0.717, 1.165) is 0 Å². The second-order valence-corrected chi connectivity index (χ2v) is 17.6. The van der Waals surface area contributed by atoms with Gasteiger partial charge < -0.3 is 97.3 Å². The molecule has 0 radical (unpaired) electrons. The molecule has 28 nitrogen and oxygen atoms in total. The van der Waals surface area contributed by atoms with Crippen molar-refractivity contribution in [2.24, 2.45) is 4.99 Å². The minimum atomic E-state index is -0.187. The number of nitrogens with zero attached hydrogens (tertiary/aromatic N) is 1. The Balaban J connectivity index is -0.0000000315. The second kappa shape index (κ2) is 151. The van der Waals surface area contributed by atoms with E-state index in [1.807, 2.05) is 62.3 Å². The van der Waals surface area contributed by atoms with Gasteiger partial charge in [-0.05, 0) is 145 Å². The van der Waals surface area contributed by atoms with Gasteiger partial charge in [0.2, 0.25) is 47.3 Å². The van der Waals surface area contributed by atoms with E-state index in [0.29, 0.717) is 42.8 Å². The Kier molecular flexibility index (Phi) is 236. The molecular formula is C66H147N13O15. The highest BCUT2D eigenvalue weighted by Gasteiger charge is 1.87. The van der Waals surface area contributed by atoms with Crippen LogP contribution in [0, 0.1) is 21.6 Å². The van der Waals surface area contributed by atoms with Crippen LogP contribution in [0.5, 0.6) is 0 Å². The van der Waals surface area contributed by atoms with Gasteiger partial charge in [0.15, 0.2) is 0 Å². The molecule has 12 N–H and O–H groups in total. The van der Waals surface area contributed by atoms with Crippen molar-refractivity contribution in [3.8, 4) is 0 Å². The Morgan fingerprint density at radius 3 is 0.383 bits per heavy atom. The van der Waals surface area contributed by atoms with Gasteiger partial charge >= 0.3 is 0 Å². The van der Waals surface area contributed by atoms with Gasteiger partial charge in [0, 0.05) is 141 Å². The zero-order chi connectivity index (χ0) is 81.9. The Hall–Kier alpha value is -8.20. The number of aliphatic imine (C=N–C) groups is 1. The summed E-state index contributed by atoms with van der Waals surface area (Å²) >= 11 is 0. The summed E-state index contributed by atoms with van der Waals surface area (Å²) in [5.41, 5.74) is 2.00. The number of carbonyl (C=O) groups is 15. The lowest BCUT2D eigenvalue weighted by atomic mass is 10.4. The summed E-state index contributed by atoms with van der Waals surface area (Å²) in [6, 6.07) is 0. The molecule has 0 aromatic heterocycles. The molecule has 28 heteroatoms. The van der Waals surface area contributed by atoms with Crippen LogP contribution in [0.2, 0.25) is 0 Å². The Bertz CT molecular complexity index is 1520. The van der Waals surface area contributed by atoms with Crippen molar-refractivity contribution in [1.82, 2.24) is 42.5 Å². The molecule has 0 bridgehead atoms. The van der Waals surface area contributed by atoms with Crippen molar-refractivity contribution < 1.29 is 71.9 Å². The molecule has 0 fully saturated rings. The summed E-state index contributed by atoms with van der Waals surface area (Å²) in [4.78, 5) is 149. The van der Waals surface area contributed by atoms with E-state index in [-0.39, 0.29) is 93.6 Å². The molecule has 0 spiro atoms. The average molecular weight is 1360 g/mol. The van der Waals surface area contributed by atoms with Gasteiger partial charge in [-0.25, -0.2) is 0 Å². The number of rotatable bonds is 4. The first-order valence-electron chi connectivity index (χ1n) is 29.8. The van der Waals surface area contributed by atoms with E-state index in [4.69, 9.17) is 21.6 Å². The average Bonchev–Trinajstić information content (AvgIpc) is 3.43. The predicted octanol–water partition coefficient (Wildman–Crippen LogP) is 10.0. The number of Topliss-reactive ketones (excluding diaryl/α,β-unsaturated/α-hetero) is 7. The maximum atomic E-state index is 10.1. The van der Waals surface area contributed by atoms with E-state index < -0.39 is 0 Å². The van der Waals surface area contributed by atoms with Gasteiger partial charge in [-0.2, -0.15) is 0 Å². The van der Waals surface area contributed by atoms with E-state index in [9.17, 15) is 71.9 Å². The van der Waals surface area contributed by atoms with E-state index in [1.54, 1.807) is 118 Å². The number of amides is 8. The molecule has 0 atom stereocenters. The summed E-state index contributed by atoms with van der Waals surface area (Å²) in [5, 5.41) is 45.3. The topological polar surface area (TPSA) is 460 Å². The fraction of sp³-hybridized carbons (Fsp3) is 0.697. The molecule has 0 rings (SSSR count). The third-order valence-corrected chi connectivity index (χ3v) is 4.58. The van der Waals surface area contributed by atoms with Crippen LogP contribution in [0.4, 0.5) is 0 Å². The molecule has 0 saturated carbocycles. The standard InChI is InChI=1S/C4H8N2O.2C4H9NO.2C4H8O.5C3H7NO.4C3H7N.5C3H6O.2C2H6/c1-3(5)6-4(2)7;2*1-3-4(6)5-2;2*1-3-4(2)5;5*1-3(5)4-2;1-3-4-2;8*1-3(2)4;2*1-2/h1-2H3,(H2,5,6,7);2*3H2,1-2H3,(H,5,6);2*3H2,1-2H3;5*1-2H3,(H,4,5);3H,1-2H3;3*4H,1-2H3;5*1-2H3;2*1-2H3. The first-order valence-corrected chi connectivity index (χ1v) is 29.8. The van der Waals surface area contributed by atoms with Crippen molar-refractivity contribution in [2.75, 3.05) is 56.4 Å². The van der Waals surface area contributed by atoms with Gasteiger partial charge in [-0.1, -0.05) is 55.4 Å². The first-order chi connectivity index (χ1) is 42.4. The van der Waals surface area contributed by atoms with E-state index in [1.165, 1.54) is 118 Å². The van der Waals surface area contributed by atoms with Crippen molar-refractivity contribution >= 4 is 117 Å². The lowest BCUT2D eigenvalue weighted by Gasteiger charge is -1.92. The Morgan fingerprint density at radius 1 is 0.287 bits per heavy atom. The zero-order valence-corrected chi connectivity index (χ0v) is 67.5. The van der Waals surface area contributed by atoms with Gasteiger partial charge in [0.25, 0.3) is 0 Å². The van der Waals surface area contributed by atoms with Crippen LogP contribution in [0.1, 0.15) is 261 Å². The number of hydrogen-bond donors (Lipinski definition) is 12. The Labute approximate surface area is 573 Å². The summed E-state index contributed by atoms with van der Waals surface area (Å²) in [6.07, 6.45) is 4.24. The lowest BCUT2D eigenvalue weighted by Crippen LogP contribution is -2.24. The van der Waals surface area contributed by atoms with Crippen LogP contribution in [-0.2, 0) is 71.9 Å². The highest BCUT2D eigenvalue weighted by Crippen LogP contribution is 1.72. The number of hydrogen-bond acceptors (Lipinski definition) is 20.